The third kappa shape index (κ3) is 3.56. The standard InChI is InChI=1S/C22H25N3O/c1-16(2)25-14-12-20(13-15-25)22-24-23-21(26-22)19-10-8-18(9-11-19)17-6-4-3-5-7-17/h3-11,16,20H,12-15H2,1-2H3. The summed E-state index contributed by atoms with van der Waals surface area (Å²) in [6.07, 6.45) is 2.18. The Morgan fingerprint density at radius 3 is 2.12 bits per heavy atom. The van der Waals surface area contributed by atoms with Crippen LogP contribution in [0.1, 0.15) is 38.5 Å². The minimum absolute atomic E-state index is 0.384. The predicted molar refractivity (Wildman–Crippen MR) is 104 cm³/mol. The maximum absolute atomic E-state index is 6.01. The molecule has 0 atom stereocenters. The van der Waals surface area contributed by atoms with Gasteiger partial charge < -0.3 is 9.32 Å². The van der Waals surface area contributed by atoms with Crippen LogP contribution in [0.2, 0.25) is 0 Å². The van der Waals surface area contributed by atoms with Crippen LogP contribution in [0.15, 0.2) is 59.0 Å². The number of hydrogen-bond acceptors (Lipinski definition) is 4. The summed E-state index contributed by atoms with van der Waals surface area (Å²) >= 11 is 0. The van der Waals surface area contributed by atoms with Crippen molar-refractivity contribution in [3.8, 4) is 22.6 Å². The molecule has 4 rings (SSSR count). The van der Waals surface area contributed by atoms with Crippen LogP contribution in [0.25, 0.3) is 22.6 Å². The van der Waals surface area contributed by atoms with E-state index < -0.39 is 0 Å². The van der Waals surface area contributed by atoms with Crippen LogP contribution >= 0.6 is 0 Å². The molecule has 0 aliphatic carbocycles. The summed E-state index contributed by atoms with van der Waals surface area (Å²) < 4.78 is 6.01. The van der Waals surface area contributed by atoms with Gasteiger partial charge in [0.1, 0.15) is 0 Å². The van der Waals surface area contributed by atoms with E-state index in [-0.39, 0.29) is 0 Å². The fraction of sp³-hybridized carbons (Fsp3) is 0.364. The molecule has 0 spiro atoms. The predicted octanol–water partition coefficient (Wildman–Crippen LogP) is 4.99. The number of nitrogens with zero attached hydrogens (tertiary/aromatic N) is 3. The quantitative estimate of drug-likeness (QED) is 0.667. The van der Waals surface area contributed by atoms with Crippen LogP contribution in [-0.2, 0) is 0 Å². The van der Waals surface area contributed by atoms with E-state index in [0.717, 1.165) is 37.4 Å². The molecule has 134 valence electrons. The highest BCUT2D eigenvalue weighted by atomic mass is 16.4. The van der Waals surface area contributed by atoms with Crippen LogP contribution in [-0.4, -0.2) is 34.2 Å². The molecule has 1 aliphatic rings. The molecule has 1 saturated heterocycles. The van der Waals surface area contributed by atoms with E-state index in [2.05, 4.69) is 77.5 Å². The first-order valence-corrected chi connectivity index (χ1v) is 9.44. The molecule has 0 amide bonds. The highest BCUT2D eigenvalue weighted by Crippen LogP contribution is 2.30. The number of aromatic nitrogens is 2. The van der Waals surface area contributed by atoms with Crippen molar-refractivity contribution in [2.24, 2.45) is 0 Å². The molecule has 26 heavy (non-hydrogen) atoms. The van der Waals surface area contributed by atoms with Gasteiger partial charge in [-0.05, 0) is 63.0 Å². The zero-order valence-electron chi connectivity index (χ0n) is 15.4. The summed E-state index contributed by atoms with van der Waals surface area (Å²) in [7, 11) is 0. The van der Waals surface area contributed by atoms with Crippen molar-refractivity contribution >= 4 is 0 Å². The molecule has 3 aromatic rings. The van der Waals surface area contributed by atoms with Crippen molar-refractivity contribution in [1.82, 2.24) is 15.1 Å². The van der Waals surface area contributed by atoms with Crippen molar-refractivity contribution in [2.45, 2.75) is 38.6 Å². The largest absolute Gasteiger partial charge is 0.420 e. The van der Waals surface area contributed by atoms with Gasteiger partial charge in [0.2, 0.25) is 11.8 Å². The lowest BCUT2D eigenvalue weighted by Crippen LogP contribution is -2.37. The van der Waals surface area contributed by atoms with E-state index in [4.69, 9.17) is 4.42 Å². The van der Waals surface area contributed by atoms with Gasteiger partial charge in [-0.2, -0.15) is 0 Å². The lowest BCUT2D eigenvalue weighted by Gasteiger charge is -2.33. The molecule has 0 bridgehead atoms. The van der Waals surface area contributed by atoms with Gasteiger partial charge in [0.25, 0.3) is 0 Å². The number of likely N-dealkylation sites (tertiary alicyclic amines) is 1. The first-order chi connectivity index (χ1) is 12.7. The fourth-order valence-corrected chi connectivity index (χ4v) is 3.61. The number of hydrogen-bond donors (Lipinski definition) is 0. The van der Waals surface area contributed by atoms with Crippen LogP contribution in [0, 0.1) is 0 Å². The van der Waals surface area contributed by atoms with Crippen LogP contribution in [0.4, 0.5) is 0 Å². The van der Waals surface area contributed by atoms with Crippen LogP contribution in [0.5, 0.6) is 0 Å². The smallest absolute Gasteiger partial charge is 0.247 e. The summed E-state index contributed by atoms with van der Waals surface area (Å²) in [5.74, 6) is 1.79. The van der Waals surface area contributed by atoms with Gasteiger partial charge in [0.05, 0.1) is 0 Å². The Labute approximate surface area is 154 Å². The topological polar surface area (TPSA) is 42.2 Å². The van der Waals surface area contributed by atoms with Gasteiger partial charge >= 0.3 is 0 Å². The molecule has 1 aliphatic heterocycles. The molecule has 0 unspecified atom stereocenters. The van der Waals surface area contributed by atoms with E-state index in [1.165, 1.54) is 11.1 Å². The van der Waals surface area contributed by atoms with Gasteiger partial charge in [-0.25, -0.2) is 0 Å². The second kappa shape index (κ2) is 7.42. The van der Waals surface area contributed by atoms with Gasteiger partial charge in [-0.3, -0.25) is 0 Å². The monoisotopic (exact) mass is 347 g/mol. The Bertz CT molecular complexity index is 831. The Balaban J connectivity index is 1.47. The second-order valence-electron chi connectivity index (χ2n) is 7.29. The minimum Gasteiger partial charge on any atom is -0.420 e. The van der Waals surface area contributed by atoms with Gasteiger partial charge in [0, 0.05) is 17.5 Å². The van der Waals surface area contributed by atoms with Crippen molar-refractivity contribution in [1.29, 1.82) is 0 Å². The van der Waals surface area contributed by atoms with Crippen molar-refractivity contribution in [3.63, 3.8) is 0 Å². The first kappa shape index (κ1) is 17.0. The van der Waals surface area contributed by atoms with Gasteiger partial charge in [-0.15, -0.1) is 10.2 Å². The molecule has 0 saturated carbocycles. The van der Waals surface area contributed by atoms with E-state index in [1.54, 1.807) is 0 Å². The molecule has 0 radical (unpaired) electrons. The molecule has 4 nitrogen and oxygen atoms in total. The lowest BCUT2D eigenvalue weighted by atomic mass is 9.96. The van der Waals surface area contributed by atoms with Crippen molar-refractivity contribution < 1.29 is 4.42 Å². The average Bonchev–Trinajstić information content (AvgIpc) is 3.19. The summed E-state index contributed by atoms with van der Waals surface area (Å²) in [6, 6.07) is 19.3. The normalized spacial score (nSPS) is 16.3. The third-order valence-corrected chi connectivity index (χ3v) is 5.29. The number of piperidine rings is 1. The Morgan fingerprint density at radius 2 is 1.46 bits per heavy atom. The molecular weight excluding hydrogens is 322 g/mol. The zero-order valence-corrected chi connectivity index (χ0v) is 15.4. The summed E-state index contributed by atoms with van der Waals surface area (Å²) in [6.45, 7) is 6.71. The summed E-state index contributed by atoms with van der Waals surface area (Å²) in [5, 5.41) is 8.62. The third-order valence-electron chi connectivity index (χ3n) is 5.29. The fourth-order valence-electron chi connectivity index (χ4n) is 3.61. The van der Waals surface area contributed by atoms with E-state index in [1.807, 2.05) is 6.07 Å². The van der Waals surface area contributed by atoms with Gasteiger partial charge in [0.15, 0.2) is 0 Å². The maximum atomic E-state index is 6.01. The molecule has 0 N–H and O–H groups in total. The number of rotatable bonds is 4. The molecule has 2 aromatic carbocycles. The maximum Gasteiger partial charge on any atom is 0.247 e. The molecular formula is C22H25N3O. The highest BCUT2D eigenvalue weighted by molar-refractivity contribution is 5.67. The van der Waals surface area contributed by atoms with E-state index in [0.29, 0.717) is 17.9 Å². The first-order valence-electron chi connectivity index (χ1n) is 9.44. The van der Waals surface area contributed by atoms with E-state index in [9.17, 15) is 0 Å². The van der Waals surface area contributed by atoms with Crippen molar-refractivity contribution in [2.75, 3.05) is 13.1 Å². The summed E-state index contributed by atoms with van der Waals surface area (Å²) in [4.78, 5) is 2.51. The van der Waals surface area contributed by atoms with Crippen molar-refractivity contribution in [3.05, 3.63) is 60.5 Å². The van der Waals surface area contributed by atoms with Gasteiger partial charge in [-0.1, -0.05) is 42.5 Å². The second-order valence-corrected chi connectivity index (χ2v) is 7.29. The number of benzene rings is 2. The molecule has 1 aromatic heterocycles. The summed E-state index contributed by atoms with van der Waals surface area (Å²) in [5.41, 5.74) is 3.38. The highest BCUT2D eigenvalue weighted by Gasteiger charge is 2.26. The molecule has 1 fully saturated rings. The average molecular weight is 347 g/mol. The Morgan fingerprint density at radius 1 is 0.846 bits per heavy atom. The Hall–Kier alpha value is -2.46. The lowest BCUT2D eigenvalue weighted by molar-refractivity contribution is 0.163. The van der Waals surface area contributed by atoms with Crippen LogP contribution < -0.4 is 0 Å². The van der Waals surface area contributed by atoms with Crippen LogP contribution in [0.3, 0.4) is 0 Å². The molecule has 4 heteroatoms. The Kier molecular flexibility index (Phi) is 4.85. The SMILES string of the molecule is CC(C)N1CCC(c2nnc(-c3ccc(-c4ccccc4)cc3)o2)CC1. The molecule has 2 heterocycles. The zero-order chi connectivity index (χ0) is 17.9. The van der Waals surface area contributed by atoms with E-state index >= 15 is 0 Å². The minimum atomic E-state index is 0.384.